The van der Waals surface area contributed by atoms with Gasteiger partial charge in [0, 0.05) is 16.6 Å². The van der Waals surface area contributed by atoms with Crippen molar-refractivity contribution in [3.05, 3.63) is 77.4 Å². The molecule has 0 atom stereocenters. The van der Waals surface area contributed by atoms with Gasteiger partial charge < -0.3 is 14.8 Å². The van der Waals surface area contributed by atoms with Crippen molar-refractivity contribution in [2.75, 3.05) is 17.1 Å². The zero-order valence-electron chi connectivity index (χ0n) is 21.9. The van der Waals surface area contributed by atoms with Gasteiger partial charge >= 0.3 is 0 Å². The molecule has 0 spiro atoms. The van der Waals surface area contributed by atoms with Gasteiger partial charge in [-0.05, 0) is 92.1 Å². The summed E-state index contributed by atoms with van der Waals surface area (Å²) in [5.74, 6) is 1.37. The van der Waals surface area contributed by atoms with E-state index in [4.69, 9.17) is 21.1 Å². The van der Waals surface area contributed by atoms with Crippen LogP contribution in [0, 0.1) is 12.8 Å². The number of nitrogens with zero attached hydrogens (tertiary/aromatic N) is 1. The van der Waals surface area contributed by atoms with Crippen LogP contribution >= 0.6 is 22.9 Å². The van der Waals surface area contributed by atoms with E-state index in [0.29, 0.717) is 38.6 Å². The second-order valence-electron chi connectivity index (χ2n) is 9.46. The van der Waals surface area contributed by atoms with E-state index in [1.165, 1.54) is 18.4 Å². The molecule has 1 saturated carbocycles. The highest BCUT2D eigenvalue weighted by Crippen LogP contribution is 2.38. The Kier molecular flexibility index (Phi) is 8.30. The number of thiazole rings is 1. The fraction of sp³-hybridized carbons (Fsp3) is 0.241. The number of hydrogen-bond donors (Lipinski definition) is 2. The predicted octanol–water partition coefficient (Wildman–Crippen LogP) is 7.50. The van der Waals surface area contributed by atoms with E-state index in [1.54, 1.807) is 66.7 Å². The number of nitrogens with one attached hydrogen (secondary N) is 2. The minimum Gasteiger partial charge on any atom is -0.495 e. The van der Waals surface area contributed by atoms with E-state index >= 15 is 0 Å². The van der Waals surface area contributed by atoms with Gasteiger partial charge in [-0.3, -0.25) is 9.52 Å². The number of amides is 1. The van der Waals surface area contributed by atoms with Crippen LogP contribution in [0.1, 0.15) is 31.4 Å². The fourth-order valence-corrected chi connectivity index (χ4v) is 6.93. The van der Waals surface area contributed by atoms with Gasteiger partial charge in [0.25, 0.3) is 10.0 Å². The zero-order valence-corrected chi connectivity index (χ0v) is 24.3. The molecule has 4 aromatic rings. The summed E-state index contributed by atoms with van der Waals surface area (Å²) in [6.45, 7) is 1.83. The van der Waals surface area contributed by atoms with Crippen molar-refractivity contribution >= 4 is 49.7 Å². The Morgan fingerprint density at radius 1 is 1.00 bits per heavy atom. The third kappa shape index (κ3) is 6.41. The average molecular weight is 598 g/mol. The molecular formula is C29H28ClN3O5S2. The molecule has 11 heteroatoms. The van der Waals surface area contributed by atoms with Crippen molar-refractivity contribution in [2.45, 2.75) is 37.5 Å². The zero-order chi connectivity index (χ0) is 28.3. The van der Waals surface area contributed by atoms with Crippen molar-refractivity contribution in [3.8, 4) is 27.7 Å². The number of rotatable bonds is 9. The lowest BCUT2D eigenvalue weighted by molar-refractivity contribution is -0.119. The standard InChI is InChI=1S/C29H28ClN3O5S2/c1-18-27(39-29(31-18)32-28(34)19-5-3-4-6-19)20-7-16-25(37-2)26(17-20)40(35,36)33-22-10-14-24(15-11-22)38-23-12-8-21(30)9-13-23/h7-17,19,33H,3-6H2,1-2H3,(H,31,32,34). The smallest absolute Gasteiger partial charge is 0.265 e. The van der Waals surface area contributed by atoms with E-state index in [1.807, 2.05) is 6.92 Å². The molecule has 8 nitrogen and oxygen atoms in total. The fourth-order valence-electron chi connectivity index (χ4n) is 4.58. The van der Waals surface area contributed by atoms with Crippen LogP contribution in [0.15, 0.2) is 71.6 Å². The minimum atomic E-state index is -4.02. The number of aryl methyl sites for hydroxylation is 1. The van der Waals surface area contributed by atoms with Crippen LogP contribution in [0.3, 0.4) is 0 Å². The largest absolute Gasteiger partial charge is 0.495 e. The number of hydrogen-bond acceptors (Lipinski definition) is 7. The maximum atomic E-state index is 13.5. The van der Waals surface area contributed by atoms with Gasteiger partial charge in [-0.2, -0.15) is 0 Å². The number of ether oxygens (including phenoxy) is 2. The first-order valence-corrected chi connectivity index (χ1v) is 15.4. The van der Waals surface area contributed by atoms with Crippen LogP contribution in [-0.4, -0.2) is 26.4 Å². The maximum Gasteiger partial charge on any atom is 0.265 e. The number of anilines is 2. The quantitative estimate of drug-likeness (QED) is 0.207. The lowest BCUT2D eigenvalue weighted by atomic mass is 10.1. The summed E-state index contributed by atoms with van der Waals surface area (Å²) >= 11 is 7.23. The first-order chi connectivity index (χ1) is 19.2. The van der Waals surface area contributed by atoms with Crippen molar-refractivity contribution in [2.24, 2.45) is 5.92 Å². The Labute approximate surface area is 242 Å². The number of halogens is 1. The third-order valence-electron chi connectivity index (χ3n) is 6.62. The summed E-state index contributed by atoms with van der Waals surface area (Å²) < 4.78 is 40.7. The Hall–Kier alpha value is -3.60. The van der Waals surface area contributed by atoms with Gasteiger partial charge in [0.15, 0.2) is 5.13 Å². The molecule has 1 aromatic heterocycles. The number of sulfonamides is 1. The Balaban J connectivity index is 1.35. The third-order valence-corrected chi connectivity index (χ3v) is 9.40. The lowest BCUT2D eigenvalue weighted by Crippen LogP contribution is -2.20. The van der Waals surface area contributed by atoms with Gasteiger partial charge in [0.2, 0.25) is 5.91 Å². The van der Waals surface area contributed by atoms with E-state index in [9.17, 15) is 13.2 Å². The van der Waals surface area contributed by atoms with Crippen LogP contribution in [0.2, 0.25) is 5.02 Å². The number of carbonyl (C=O) groups excluding carboxylic acids is 1. The van der Waals surface area contributed by atoms with Crippen LogP contribution in [0.25, 0.3) is 10.4 Å². The van der Waals surface area contributed by atoms with Crippen LogP contribution in [-0.2, 0) is 14.8 Å². The van der Waals surface area contributed by atoms with E-state index in [0.717, 1.165) is 30.6 Å². The molecule has 0 radical (unpaired) electrons. The normalized spacial score (nSPS) is 13.7. The molecule has 1 fully saturated rings. The topological polar surface area (TPSA) is 107 Å². The minimum absolute atomic E-state index is 0.00965. The molecule has 3 aromatic carbocycles. The van der Waals surface area contributed by atoms with Crippen molar-refractivity contribution in [3.63, 3.8) is 0 Å². The summed E-state index contributed by atoms with van der Waals surface area (Å²) in [5.41, 5.74) is 1.72. The van der Waals surface area contributed by atoms with E-state index < -0.39 is 10.0 Å². The van der Waals surface area contributed by atoms with Crippen LogP contribution < -0.4 is 19.5 Å². The number of carbonyl (C=O) groups is 1. The van der Waals surface area contributed by atoms with Gasteiger partial charge in [-0.25, -0.2) is 13.4 Å². The van der Waals surface area contributed by atoms with Crippen molar-refractivity contribution in [1.82, 2.24) is 4.98 Å². The van der Waals surface area contributed by atoms with Gasteiger partial charge in [-0.1, -0.05) is 35.8 Å². The SMILES string of the molecule is COc1ccc(-c2sc(NC(=O)C3CCCC3)nc2C)cc1S(=O)(=O)Nc1ccc(Oc2ccc(Cl)cc2)cc1. The molecule has 1 aliphatic rings. The van der Waals surface area contributed by atoms with Gasteiger partial charge in [0.1, 0.15) is 22.1 Å². The van der Waals surface area contributed by atoms with Crippen LogP contribution in [0.5, 0.6) is 17.2 Å². The van der Waals surface area contributed by atoms with Crippen LogP contribution in [0.4, 0.5) is 10.8 Å². The molecule has 0 aliphatic heterocycles. The van der Waals surface area contributed by atoms with E-state index in [2.05, 4.69) is 15.0 Å². The average Bonchev–Trinajstić information content (AvgIpc) is 3.61. The number of methoxy groups -OCH3 is 1. The molecule has 0 unspecified atom stereocenters. The molecular weight excluding hydrogens is 570 g/mol. The van der Waals surface area contributed by atoms with Gasteiger partial charge in [-0.15, -0.1) is 0 Å². The lowest BCUT2D eigenvalue weighted by Gasteiger charge is -2.13. The summed E-state index contributed by atoms with van der Waals surface area (Å²) in [6.07, 6.45) is 3.93. The highest BCUT2D eigenvalue weighted by atomic mass is 35.5. The highest BCUT2D eigenvalue weighted by molar-refractivity contribution is 7.92. The Morgan fingerprint density at radius 2 is 1.65 bits per heavy atom. The van der Waals surface area contributed by atoms with Crippen molar-refractivity contribution < 1.29 is 22.7 Å². The molecule has 208 valence electrons. The predicted molar refractivity (Wildman–Crippen MR) is 158 cm³/mol. The molecule has 1 heterocycles. The molecule has 1 amide bonds. The van der Waals surface area contributed by atoms with Crippen molar-refractivity contribution in [1.29, 1.82) is 0 Å². The summed E-state index contributed by atoms with van der Waals surface area (Å²) in [6, 6.07) is 18.5. The Bertz CT molecular complexity index is 1610. The molecule has 40 heavy (non-hydrogen) atoms. The highest BCUT2D eigenvalue weighted by Gasteiger charge is 2.25. The van der Waals surface area contributed by atoms with E-state index in [-0.39, 0.29) is 22.5 Å². The molecule has 0 bridgehead atoms. The second kappa shape index (κ2) is 11.9. The summed E-state index contributed by atoms with van der Waals surface area (Å²) in [7, 11) is -2.59. The maximum absolute atomic E-state index is 13.5. The first kappa shape index (κ1) is 27.9. The first-order valence-electron chi connectivity index (χ1n) is 12.7. The monoisotopic (exact) mass is 597 g/mol. The molecule has 1 aliphatic carbocycles. The summed E-state index contributed by atoms with van der Waals surface area (Å²) in [5, 5.41) is 4.04. The molecule has 5 rings (SSSR count). The number of benzene rings is 3. The molecule has 0 saturated heterocycles. The molecule has 2 N–H and O–H groups in total. The second-order valence-corrected chi connectivity index (χ2v) is 12.5. The Morgan fingerprint density at radius 3 is 2.30 bits per heavy atom. The van der Waals surface area contributed by atoms with Gasteiger partial charge in [0.05, 0.1) is 17.7 Å². The summed E-state index contributed by atoms with van der Waals surface area (Å²) in [4.78, 5) is 17.8. The number of aromatic nitrogens is 1.